The average molecular weight is 284 g/mol. The Morgan fingerprint density at radius 2 is 2.05 bits per heavy atom. The molecule has 4 amide bonds. The van der Waals surface area contributed by atoms with Gasteiger partial charge in [-0.05, 0) is 31.6 Å². The van der Waals surface area contributed by atoms with E-state index in [1.165, 1.54) is 0 Å². The van der Waals surface area contributed by atoms with Crippen LogP contribution in [0, 0.1) is 5.92 Å². The molecule has 7 heteroatoms. The number of carbonyl (C=O) groups is 2. The van der Waals surface area contributed by atoms with Crippen LogP contribution < -0.4 is 16.4 Å². The molecule has 2 unspecified atom stereocenters. The standard InChI is InChI=1S/C13H24N4O3/c14-12(18)15-7-10-3-1-5-17(9-10)13(19)16-8-11-4-2-6-20-11/h10-11H,1-9H2,(H,16,19)(H3,14,15,18). The Kier molecular flexibility index (Phi) is 5.46. The van der Waals surface area contributed by atoms with Crippen LogP contribution in [-0.4, -0.2) is 55.9 Å². The van der Waals surface area contributed by atoms with Crippen LogP contribution in [0.25, 0.3) is 0 Å². The Labute approximate surface area is 119 Å². The number of nitrogens with zero attached hydrogens (tertiary/aromatic N) is 1. The second-order valence-corrected chi connectivity index (χ2v) is 5.52. The van der Waals surface area contributed by atoms with E-state index in [9.17, 15) is 9.59 Å². The smallest absolute Gasteiger partial charge is 0.317 e. The molecule has 0 aromatic carbocycles. The van der Waals surface area contributed by atoms with E-state index in [2.05, 4.69) is 10.6 Å². The maximum atomic E-state index is 12.1. The van der Waals surface area contributed by atoms with Crippen molar-refractivity contribution in [3.63, 3.8) is 0 Å². The van der Waals surface area contributed by atoms with Gasteiger partial charge in [-0.1, -0.05) is 0 Å². The number of rotatable bonds is 4. The predicted molar refractivity (Wildman–Crippen MR) is 74.3 cm³/mol. The summed E-state index contributed by atoms with van der Waals surface area (Å²) in [6.45, 7) is 3.34. The minimum atomic E-state index is -0.509. The molecule has 2 heterocycles. The van der Waals surface area contributed by atoms with E-state index in [1.807, 2.05) is 4.90 Å². The Hall–Kier alpha value is -1.50. The number of ether oxygens (including phenoxy) is 1. The van der Waals surface area contributed by atoms with E-state index < -0.39 is 6.03 Å². The Morgan fingerprint density at radius 1 is 1.20 bits per heavy atom. The van der Waals surface area contributed by atoms with E-state index in [-0.39, 0.29) is 18.1 Å². The zero-order valence-corrected chi connectivity index (χ0v) is 11.8. The third kappa shape index (κ3) is 4.56. The molecule has 0 spiro atoms. The molecule has 0 radical (unpaired) electrons. The van der Waals surface area contributed by atoms with E-state index in [0.29, 0.717) is 19.6 Å². The van der Waals surface area contributed by atoms with Crippen molar-refractivity contribution in [2.45, 2.75) is 31.8 Å². The van der Waals surface area contributed by atoms with Crippen LogP contribution in [0.1, 0.15) is 25.7 Å². The summed E-state index contributed by atoms with van der Waals surface area (Å²) in [6.07, 6.45) is 4.22. The molecule has 2 aliphatic heterocycles. The minimum absolute atomic E-state index is 0.0377. The summed E-state index contributed by atoms with van der Waals surface area (Å²) in [5, 5.41) is 5.54. The highest BCUT2D eigenvalue weighted by Gasteiger charge is 2.24. The van der Waals surface area contributed by atoms with Crippen molar-refractivity contribution in [3.8, 4) is 0 Å². The first-order valence-corrected chi connectivity index (χ1v) is 7.33. The first kappa shape index (κ1) is 14.9. The molecule has 4 N–H and O–H groups in total. The van der Waals surface area contributed by atoms with Gasteiger partial charge in [0.1, 0.15) is 0 Å². The van der Waals surface area contributed by atoms with Gasteiger partial charge in [-0.2, -0.15) is 0 Å². The second kappa shape index (κ2) is 7.33. The molecule has 2 saturated heterocycles. The lowest BCUT2D eigenvalue weighted by molar-refractivity contribution is 0.106. The number of nitrogens with two attached hydrogens (primary N) is 1. The molecular weight excluding hydrogens is 260 g/mol. The molecule has 0 aliphatic carbocycles. The van der Waals surface area contributed by atoms with E-state index in [0.717, 1.165) is 38.8 Å². The zero-order chi connectivity index (χ0) is 14.4. The number of piperidine rings is 1. The summed E-state index contributed by atoms with van der Waals surface area (Å²) in [7, 11) is 0. The fourth-order valence-electron chi connectivity index (χ4n) is 2.78. The van der Waals surface area contributed by atoms with Crippen LogP contribution in [-0.2, 0) is 4.74 Å². The van der Waals surface area contributed by atoms with Crippen LogP contribution in [0.3, 0.4) is 0 Å². The number of hydrogen-bond acceptors (Lipinski definition) is 3. The number of amides is 4. The predicted octanol–water partition coefficient (Wildman–Crippen LogP) is 0.255. The highest BCUT2D eigenvalue weighted by molar-refractivity contribution is 5.74. The Bertz CT molecular complexity index is 345. The van der Waals surface area contributed by atoms with Gasteiger partial charge in [-0.3, -0.25) is 0 Å². The quantitative estimate of drug-likeness (QED) is 0.690. The molecule has 0 aromatic rings. The monoisotopic (exact) mass is 284 g/mol. The normalized spacial score (nSPS) is 26.3. The highest BCUT2D eigenvalue weighted by atomic mass is 16.5. The number of likely N-dealkylation sites (tertiary alicyclic amines) is 1. The summed E-state index contributed by atoms with van der Waals surface area (Å²) < 4.78 is 5.48. The van der Waals surface area contributed by atoms with E-state index in [4.69, 9.17) is 10.5 Å². The van der Waals surface area contributed by atoms with Gasteiger partial charge in [-0.15, -0.1) is 0 Å². The lowest BCUT2D eigenvalue weighted by atomic mass is 9.98. The number of hydrogen-bond donors (Lipinski definition) is 3. The SMILES string of the molecule is NC(=O)NCC1CCCN(C(=O)NCC2CCCO2)C1. The van der Waals surface area contributed by atoms with Crippen LogP contribution >= 0.6 is 0 Å². The first-order chi connectivity index (χ1) is 9.65. The summed E-state index contributed by atoms with van der Waals surface area (Å²) in [6, 6.07) is -0.547. The molecule has 20 heavy (non-hydrogen) atoms. The van der Waals surface area contributed by atoms with E-state index >= 15 is 0 Å². The van der Waals surface area contributed by atoms with Crippen LogP contribution in [0.2, 0.25) is 0 Å². The minimum Gasteiger partial charge on any atom is -0.376 e. The molecular formula is C13H24N4O3. The molecule has 0 aromatic heterocycles. The Balaban J connectivity index is 1.70. The number of urea groups is 2. The molecule has 2 atom stereocenters. The second-order valence-electron chi connectivity index (χ2n) is 5.52. The van der Waals surface area contributed by atoms with Gasteiger partial charge >= 0.3 is 12.1 Å². The van der Waals surface area contributed by atoms with Gasteiger partial charge < -0.3 is 26.0 Å². The van der Waals surface area contributed by atoms with Crippen LogP contribution in [0.4, 0.5) is 9.59 Å². The van der Waals surface area contributed by atoms with E-state index in [1.54, 1.807) is 0 Å². The lowest BCUT2D eigenvalue weighted by Gasteiger charge is -2.33. The molecule has 2 aliphatic rings. The number of carbonyl (C=O) groups excluding carboxylic acids is 2. The fraction of sp³-hybridized carbons (Fsp3) is 0.846. The molecule has 2 fully saturated rings. The summed E-state index contributed by atoms with van der Waals surface area (Å²) in [5.74, 6) is 0.282. The van der Waals surface area contributed by atoms with Crippen molar-refractivity contribution in [2.24, 2.45) is 11.7 Å². The van der Waals surface area contributed by atoms with Crippen LogP contribution in [0.15, 0.2) is 0 Å². The molecule has 0 saturated carbocycles. The summed E-state index contributed by atoms with van der Waals surface area (Å²) in [4.78, 5) is 24.6. The third-order valence-electron chi connectivity index (χ3n) is 3.88. The molecule has 0 bridgehead atoms. The maximum absolute atomic E-state index is 12.1. The Morgan fingerprint density at radius 3 is 2.75 bits per heavy atom. The molecule has 7 nitrogen and oxygen atoms in total. The van der Waals surface area contributed by atoms with Gasteiger partial charge in [0.25, 0.3) is 0 Å². The van der Waals surface area contributed by atoms with Gasteiger partial charge in [-0.25, -0.2) is 9.59 Å². The largest absolute Gasteiger partial charge is 0.376 e. The molecule has 114 valence electrons. The first-order valence-electron chi connectivity index (χ1n) is 7.33. The highest BCUT2D eigenvalue weighted by Crippen LogP contribution is 2.16. The zero-order valence-electron chi connectivity index (χ0n) is 11.8. The van der Waals surface area contributed by atoms with Gasteiger partial charge in [0.05, 0.1) is 6.10 Å². The number of primary amides is 1. The maximum Gasteiger partial charge on any atom is 0.317 e. The average Bonchev–Trinajstić information content (AvgIpc) is 2.96. The topological polar surface area (TPSA) is 96.7 Å². The molecule has 2 rings (SSSR count). The van der Waals surface area contributed by atoms with Crippen molar-refractivity contribution in [2.75, 3.05) is 32.8 Å². The van der Waals surface area contributed by atoms with Crippen molar-refractivity contribution < 1.29 is 14.3 Å². The van der Waals surface area contributed by atoms with Gasteiger partial charge in [0.2, 0.25) is 0 Å². The van der Waals surface area contributed by atoms with Gasteiger partial charge in [0.15, 0.2) is 0 Å². The van der Waals surface area contributed by atoms with Crippen molar-refractivity contribution >= 4 is 12.1 Å². The third-order valence-corrected chi connectivity index (χ3v) is 3.88. The van der Waals surface area contributed by atoms with Crippen molar-refractivity contribution in [3.05, 3.63) is 0 Å². The number of nitrogens with one attached hydrogen (secondary N) is 2. The van der Waals surface area contributed by atoms with Gasteiger partial charge in [0, 0.05) is 32.8 Å². The lowest BCUT2D eigenvalue weighted by Crippen LogP contribution is -2.49. The van der Waals surface area contributed by atoms with Crippen molar-refractivity contribution in [1.29, 1.82) is 0 Å². The van der Waals surface area contributed by atoms with Crippen LogP contribution in [0.5, 0.6) is 0 Å². The van der Waals surface area contributed by atoms with Crippen molar-refractivity contribution in [1.82, 2.24) is 15.5 Å². The summed E-state index contributed by atoms with van der Waals surface area (Å²) in [5.41, 5.74) is 5.06. The summed E-state index contributed by atoms with van der Waals surface area (Å²) >= 11 is 0. The fourth-order valence-corrected chi connectivity index (χ4v) is 2.78.